The molecule has 0 aliphatic carbocycles. The summed E-state index contributed by atoms with van der Waals surface area (Å²) in [6.45, 7) is 3.54. The van der Waals surface area contributed by atoms with Gasteiger partial charge in [-0.05, 0) is 48.8 Å². The van der Waals surface area contributed by atoms with Gasteiger partial charge in [0.05, 0.1) is 4.58 Å². The molecular formula is C19H26N2O2S2. The van der Waals surface area contributed by atoms with Crippen LogP contribution in [0.2, 0.25) is 0 Å². The number of amides is 2. The average molecular weight is 379 g/mol. The zero-order valence-corrected chi connectivity index (χ0v) is 16.1. The molecule has 3 fully saturated rings. The number of nitrogens with zero attached hydrogens (tertiary/aromatic N) is 1. The van der Waals surface area contributed by atoms with Gasteiger partial charge >= 0.3 is 6.03 Å². The van der Waals surface area contributed by atoms with Gasteiger partial charge in [-0.1, -0.05) is 12.1 Å². The first kappa shape index (κ1) is 17.6. The second-order valence-corrected chi connectivity index (χ2v) is 9.80. The second-order valence-electron chi connectivity index (χ2n) is 7.07. The van der Waals surface area contributed by atoms with Gasteiger partial charge in [-0.25, -0.2) is 4.79 Å². The van der Waals surface area contributed by atoms with Gasteiger partial charge in [0.15, 0.2) is 0 Å². The Morgan fingerprint density at radius 2 is 1.92 bits per heavy atom. The Morgan fingerprint density at radius 1 is 1.12 bits per heavy atom. The van der Waals surface area contributed by atoms with E-state index in [0.717, 1.165) is 57.2 Å². The third-order valence-corrected chi connectivity index (χ3v) is 8.58. The van der Waals surface area contributed by atoms with Gasteiger partial charge in [0, 0.05) is 43.5 Å². The van der Waals surface area contributed by atoms with Crippen molar-refractivity contribution in [2.75, 3.05) is 43.1 Å². The normalized spacial score (nSPS) is 25.4. The molecule has 1 aromatic carbocycles. The van der Waals surface area contributed by atoms with Crippen LogP contribution in [0.4, 0.5) is 10.5 Å². The van der Waals surface area contributed by atoms with E-state index >= 15 is 0 Å². The fourth-order valence-electron chi connectivity index (χ4n) is 4.06. The minimum atomic E-state index is 0.0541. The van der Waals surface area contributed by atoms with Crippen LogP contribution in [-0.2, 0) is 4.74 Å². The van der Waals surface area contributed by atoms with Crippen molar-refractivity contribution in [2.24, 2.45) is 11.8 Å². The fourth-order valence-corrected chi connectivity index (χ4v) is 6.90. The van der Waals surface area contributed by atoms with Crippen LogP contribution in [0.5, 0.6) is 0 Å². The molecule has 3 saturated heterocycles. The first-order valence-corrected chi connectivity index (χ1v) is 11.4. The molecule has 136 valence electrons. The lowest BCUT2D eigenvalue weighted by Crippen LogP contribution is -2.34. The molecule has 1 atom stereocenters. The number of carbonyl (C=O) groups is 1. The minimum absolute atomic E-state index is 0.0541. The van der Waals surface area contributed by atoms with E-state index in [9.17, 15) is 4.79 Å². The van der Waals surface area contributed by atoms with Crippen molar-refractivity contribution < 1.29 is 9.53 Å². The fraction of sp³-hybridized carbons (Fsp3) is 0.632. The molecule has 4 rings (SSSR count). The first-order chi connectivity index (χ1) is 12.3. The Morgan fingerprint density at radius 3 is 2.72 bits per heavy atom. The van der Waals surface area contributed by atoms with E-state index in [2.05, 4.69) is 23.5 Å². The third-order valence-electron chi connectivity index (χ3n) is 5.48. The molecule has 2 amide bonds. The summed E-state index contributed by atoms with van der Waals surface area (Å²) in [5, 5.41) is 3.11. The van der Waals surface area contributed by atoms with E-state index in [1.807, 2.05) is 34.5 Å². The Balaban J connectivity index is 1.33. The lowest BCUT2D eigenvalue weighted by Gasteiger charge is -2.27. The van der Waals surface area contributed by atoms with E-state index in [0.29, 0.717) is 10.5 Å². The van der Waals surface area contributed by atoms with Gasteiger partial charge in [0.1, 0.15) is 0 Å². The van der Waals surface area contributed by atoms with Crippen LogP contribution < -0.4 is 5.32 Å². The number of rotatable bonds is 3. The lowest BCUT2D eigenvalue weighted by molar-refractivity contribution is 0.0485. The highest BCUT2D eigenvalue weighted by Crippen LogP contribution is 2.45. The zero-order valence-electron chi connectivity index (χ0n) is 14.5. The zero-order chi connectivity index (χ0) is 17.1. The van der Waals surface area contributed by atoms with Gasteiger partial charge in [-0.15, -0.1) is 23.5 Å². The molecule has 0 saturated carbocycles. The van der Waals surface area contributed by atoms with E-state index in [1.165, 1.54) is 17.1 Å². The van der Waals surface area contributed by atoms with Crippen molar-refractivity contribution >= 4 is 35.2 Å². The van der Waals surface area contributed by atoms with Crippen molar-refractivity contribution in [1.82, 2.24) is 4.90 Å². The molecule has 25 heavy (non-hydrogen) atoms. The highest BCUT2D eigenvalue weighted by molar-refractivity contribution is 8.19. The van der Waals surface area contributed by atoms with Gasteiger partial charge in [-0.3, -0.25) is 0 Å². The van der Waals surface area contributed by atoms with Crippen LogP contribution in [0.1, 0.15) is 29.4 Å². The summed E-state index contributed by atoms with van der Waals surface area (Å²) in [6, 6.07) is 8.41. The number of urea groups is 1. The second kappa shape index (κ2) is 8.23. The summed E-state index contributed by atoms with van der Waals surface area (Å²) < 4.78 is 5.98. The number of benzene rings is 1. The Kier molecular flexibility index (Phi) is 5.78. The molecule has 0 aromatic heterocycles. The average Bonchev–Trinajstić information content (AvgIpc) is 3.35. The Labute approximate surface area is 158 Å². The standard InChI is InChI=1S/C19H26N2O2S2/c22-19(21-7-4-16(13-21)14-5-8-23-9-6-14)20-17-3-1-2-15(12-17)18-24-10-11-25-18/h1-3,12,14,16,18H,4-11,13H2,(H,20,22). The molecule has 1 N–H and O–H groups in total. The smallest absolute Gasteiger partial charge is 0.321 e. The molecule has 4 nitrogen and oxygen atoms in total. The number of anilines is 1. The number of nitrogens with one attached hydrogen (secondary N) is 1. The van der Waals surface area contributed by atoms with E-state index in [-0.39, 0.29) is 6.03 Å². The lowest BCUT2D eigenvalue weighted by atomic mass is 9.85. The van der Waals surface area contributed by atoms with Crippen molar-refractivity contribution in [3.8, 4) is 0 Å². The number of ether oxygens (including phenoxy) is 1. The number of hydrogen-bond donors (Lipinski definition) is 1. The number of likely N-dealkylation sites (tertiary alicyclic amines) is 1. The predicted molar refractivity (Wildman–Crippen MR) is 106 cm³/mol. The van der Waals surface area contributed by atoms with Crippen molar-refractivity contribution in [3.63, 3.8) is 0 Å². The molecular weight excluding hydrogens is 352 g/mol. The van der Waals surface area contributed by atoms with Crippen LogP contribution in [0.15, 0.2) is 24.3 Å². The number of carbonyl (C=O) groups excluding carboxylic acids is 1. The molecule has 3 aliphatic heterocycles. The topological polar surface area (TPSA) is 41.6 Å². The molecule has 3 heterocycles. The summed E-state index contributed by atoms with van der Waals surface area (Å²) in [7, 11) is 0. The minimum Gasteiger partial charge on any atom is -0.381 e. The van der Waals surface area contributed by atoms with Gasteiger partial charge in [0.2, 0.25) is 0 Å². The molecule has 1 aromatic rings. The third kappa shape index (κ3) is 4.29. The summed E-state index contributed by atoms with van der Waals surface area (Å²) in [4.78, 5) is 14.6. The molecule has 0 radical (unpaired) electrons. The first-order valence-electron chi connectivity index (χ1n) is 9.26. The van der Waals surface area contributed by atoms with Crippen LogP contribution in [0.3, 0.4) is 0 Å². The highest BCUT2D eigenvalue weighted by Gasteiger charge is 2.32. The summed E-state index contributed by atoms with van der Waals surface area (Å²) >= 11 is 3.99. The summed E-state index contributed by atoms with van der Waals surface area (Å²) in [5.41, 5.74) is 2.23. The summed E-state index contributed by atoms with van der Waals surface area (Å²) in [6.07, 6.45) is 3.44. The molecule has 1 unspecified atom stereocenters. The Bertz CT molecular complexity index is 601. The maximum Gasteiger partial charge on any atom is 0.321 e. The predicted octanol–water partition coefficient (Wildman–Crippen LogP) is 4.45. The van der Waals surface area contributed by atoms with Crippen LogP contribution in [-0.4, -0.2) is 48.7 Å². The van der Waals surface area contributed by atoms with E-state index < -0.39 is 0 Å². The summed E-state index contributed by atoms with van der Waals surface area (Å²) in [5.74, 6) is 3.80. The number of thioether (sulfide) groups is 2. The number of hydrogen-bond acceptors (Lipinski definition) is 4. The molecule has 0 spiro atoms. The van der Waals surface area contributed by atoms with Crippen molar-refractivity contribution in [2.45, 2.75) is 23.8 Å². The monoisotopic (exact) mass is 378 g/mol. The Hall–Kier alpha value is -0.850. The van der Waals surface area contributed by atoms with E-state index in [4.69, 9.17) is 4.74 Å². The molecule has 6 heteroatoms. The van der Waals surface area contributed by atoms with Crippen molar-refractivity contribution in [3.05, 3.63) is 29.8 Å². The van der Waals surface area contributed by atoms with E-state index in [1.54, 1.807) is 0 Å². The van der Waals surface area contributed by atoms with Crippen molar-refractivity contribution in [1.29, 1.82) is 0 Å². The molecule has 0 bridgehead atoms. The maximum absolute atomic E-state index is 12.7. The largest absolute Gasteiger partial charge is 0.381 e. The van der Waals surface area contributed by atoms with Gasteiger partial charge in [0.25, 0.3) is 0 Å². The van der Waals surface area contributed by atoms with Crippen LogP contribution in [0.25, 0.3) is 0 Å². The van der Waals surface area contributed by atoms with Crippen LogP contribution in [0, 0.1) is 11.8 Å². The van der Waals surface area contributed by atoms with Gasteiger partial charge in [-0.2, -0.15) is 0 Å². The van der Waals surface area contributed by atoms with Crippen LogP contribution >= 0.6 is 23.5 Å². The highest BCUT2D eigenvalue weighted by atomic mass is 32.2. The molecule has 3 aliphatic rings. The SMILES string of the molecule is O=C(Nc1cccc(C2SCCS2)c1)N1CCC(C2CCOCC2)C1. The van der Waals surface area contributed by atoms with Gasteiger partial charge < -0.3 is 15.0 Å². The quantitative estimate of drug-likeness (QED) is 0.844. The maximum atomic E-state index is 12.7.